The number of hydrogen-bond donors (Lipinski definition) is 2. The lowest BCUT2D eigenvalue weighted by atomic mass is 9.97. The standard InChI is InChI=1S/C15H17F2N3/c1-8-4-5-12(14(17)13(8)16)15(20-18)11-6-9(2)19-10(3)7-11/h4-7,15,20H,18H2,1-3H3. The van der Waals surface area contributed by atoms with E-state index in [1.165, 1.54) is 6.92 Å². The average molecular weight is 277 g/mol. The first kappa shape index (κ1) is 14.6. The zero-order valence-electron chi connectivity index (χ0n) is 11.7. The van der Waals surface area contributed by atoms with E-state index in [1.54, 1.807) is 24.3 Å². The van der Waals surface area contributed by atoms with Gasteiger partial charge < -0.3 is 0 Å². The van der Waals surface area contributed by atoms with E-state index in [9.17, 15) is 8.78 Å². The molecule has 2 aromatic rings. The van der Waals surface area contributed by atoms with Gasteiger partial charge in [-0.1, -0.05) is 12.1 Å². The Morgan fingerprint density at radius 2 is 1.65 bits per heavy atom. The van der Waals surface area contributed by atoms with Gasteiger partial charge in [0.1, 0.15) is 0 Å². The molecule has 2 rings (SSSR count). The Bertz CT molecular complexity index is 621. The number of aromatic nitrogens is 1. The summed E-state index contributed by atoms with van der Waals surface area (Å²) in [5.41, 5.74) is 5.34. The van der Waals surface area contributed by atoms with Gasteiger partial charge in [-0.15, -0.1) is 0 Å². The first-order chi connectivity index (χ1) is 9.43. The highest BCUT2D eigenvalue weighted by Crippen LogP contribution is 2.27. The Morgan fingerprint density at radius 3 is 2.20 bits per heavy atom. The molecule has 5 heteroatoms. The maximum atomic E-state index is 14.1. The van der Waals surface area contributed by atoms with Gasteiger partial charge in [-0.05, 0) is 44.0 Å². The molecule has 106 valence electrons. The molecule has 0 aliphatic heterocycles. The second-order valence-electron chi connectivity index (χ2n) is 4.88. The van der Waals surface area contributed by atoms with Gasteiger partial charge in [-0.3, -0.25) is 10.8 Å². The van der Waals surface area contributed by atoms with Crippen molar-refractivity contribution in [1.29, 1.82) is 0 Å². The van der Waals surface area contributed by atoms with Crippen LogP contribution in [0.2, 0.25) is 0 Å². The largest absolute Gasteiger partial charge is 0.271 e. The van der Waals surface area contributed by atoms with Gasteiger partial charge in [-0.2, -0.15) is 0 Å². The van der Waals surface area contributed by atoms with Crippen molar-refractivity contribution >= 4 is 0 Å². The van der Waals surface area contributed by atoms with Gasteiger partial charge in [-0.25, -0.2) is 14.2 Å². The van der Waals surface area contributed by atoms with Gasteiger partial charge >= 0.3 is 0 Å². The summed E-state index contributed by atoms with van der Waals surface area (Å²) in [5, 5.41) is 0. The lowest BCUT2D eigenvalue weighted by Crippen LogP contribution is -2.30. The summed E-state index contributed by atoms with van der Waals surface area (Å²) in [6.45, 7) is 5.21. The normalized spacial score (nSPS) is 12.5. The summed E-state index contributed by atoms with van der Waals surface area (Å²) in [4.78, 5) is 4.26. The fourth-order valence-electron chi connectivity index (χ4n) is 2.28. The van der Waals surface area contributed by atoms with Crippen molar-refractivity contribution in [1.82, 2.24) is 10.4 Å². The summed E-state index contributed by atoms with van der Waals surface area (Å²) in [6, 6.07) is 6.07. The molecule has 3 nitrogen and oxygen atoms in total. The highest BCUT2D eigenvalue weighted by molar-refractivity contribution is 5.36. The number of nitrogens with two attached hydrogens (primary N) is 1. The predicted octanol–water partition coefficient (Wildman–Crippen LogP) is 2.84. The smallest absolute Gasteiger partial charge is 0.164 e. The van der Waals surface area contributed by atoms with Gasteiger partial charge in [0.2, 0.25) is 0 Å². The molecule has 0 amide bonds. The molecule has 1 atom stereocenters. The molecule has 1 aromatic heterocycles. The predicted molar refractivity (Wildman–Crippen MR) is 74.0 cm³/mol. The van der Waals surface area contributed by atoms with E-state index >= 15 is 0 Å². The zero-order chi connectivity index (χ0) is 14.9. The van der Waals surface area contributed by atoms with Crippen LogP contribution in [-0.2, 0) is 0 Å². The van der Waals surface area contributed by atoms with Gasteiger partial charge in [0.25, 0.3) is 0 Å². The molecule has 1 unspecified atom stereocenters. The summed E-state index contributed by atoms with van der Waals surface area (Å²) in [6.07, 6.45) is 0. The third-order valence-corrected chi connectivity index (χ3v) is 3.22. The number of nitrogens with zero attached hydrogens (tertiary/aromatic N) is 1. The minimum absolute atomic E-state index is 0.181. The van der Waals surface area contributed by atoms with Crippen LogP contribution in [0.3, 0.4) is 0 Å². The topological polar surface area (TPSA) is 50.9 Å². The van der Waals surface area contributed by atoms with Gasteiger partial charge in [0.15, 0.2) is 11.6 Å². The number of aryl methyl sites for hydroxylation is 3. The van der Waals surface area contributed by atoms with Crippen molar-refractivity contribution in [3.63, 3.8) is 0 Å². The van der Waals surface area contributed by atoms with Gasteiger partial charge in [0, 0.05) is 17.0 Å². The van der Waals surface area contributed by atoms with E-state index in [1.807, 2.05) is 13.8 Å². The molecule has 0 fully saturated rings. The molecule has 0 saturated heterocycles. The number of pyridine rings is 1. The molecular weight excluding hydrogens is 260 g/mol. The number of nitrogens with one attached hydrogen (secondary N) is 1. The van der Waals surface area contributed by atoms with Crippen LogP contribution < -0.4 is 11.3 Å². The number of halogens is 2. The van der Waals surface area contributed by atoms with Crippen molar-refractivity contribution in [2.24, 2.45) is 5.84 Å². The highest BCUT2D eigenvalue weighted by Gasteiger charge is 2.20. The van der Waals surface area contributed by atoms with Crippen LogP contribution in [0.4, 0.5) is 8.78 Å². The first-order valence-electron chi connectivity index (χ1n) is 6.30. The maximum absolute atomic E-state index is 14.1. The fraction of sp³-hybridized carbons (Fsp3) is 0.267. The third kappa shape index (κ3) is 2.69. The second kappa shape index (κ2) is 5.64. The van der Waals surface area contributed by atoms with E-state index in [0.717, 1.165) is 17.0 Å². The maximum Gasteiger partial charge on any atom is 0.164 e. The summed E-state index contributed by atoms with van der Waals surface area (Å²) in [5.74, 6) is 3.82. The van der Waals surface area contributed by atoms with Crippen LogP contribution in [0.15, 0.2) is 24.3 Å². The Balaban J connectivity index is 2.55. The van der Waals surface area contributed by atoms with Crippen LogP contribution in [0.5, 0.6) is 0 Å². The number of benzene rings is 1. The van der Waals surface area contributed by atoms with Crippen LogP contribution in [0.1, 0.15) is 34.1 Å². The van der Waals surface area contributed by atoms with E-state index in [2.05, 4.69) is 10.4 Å². The highest BCUT2D eigenvalue weighted by atomic mass is 19.2. The van der Waals surface area contributed by atoms with Gasteiger partial charge in [0.05, 0.1) is 6.04 Å². The van der Waals surface area contributed by atoms with Crippen LogP contribution >= 0.6 is 0 Å². The zero-order valence-corrected chi connectivity index (χ0v) is 11.7. The third-order valence-electron chi connectivity index (χ3n) is 3.22. The number of hydrogen-bond acceptors (Lipinski definition) is 3. The Morgan fingerprint density at radius 1 is 1.05 bits per heavy atom. The molecule has 20 heavy (non-hydrogen) atoms. The van der Waals surface area contributed by atoms with Crippen molar-refractivity contribution < 1.29 is 8.78 Å². The molecule has 0 aliphatic carbocycles. The number of hydrazine groups is 1. The van der Waals surface area contributed by atoms with Crippen LogP contribution in [-0.4, -0.2) is 4.98 Å². The van der Waals surface area contributed by atoms with E-state index < -0.39 is 17.7 Å². The lowest BCUT2D eigenvalue weighted by molar-refractivity contribution is 0.478. The molecule has 0 radical (unpaired) electrons. The molecule has 0 spiro atoms. The Labute approximate surface area is 116 Å². The number of rotatable bonds is 3. The van der Waals surface area contributed by atoms with Crippen molar-refractivity contribution in [3.05, 3.63) is 64.0 Å². The van der Waals surface area contributed by atoms with Crippen LogP contribution in [0, 0.1) is 32.4 Å². The second-order valence-corrected chi connectivity index (χ2v) is 4.88. The SMILES string of the molecule is Cc1cc(C(NN)c2ccc(C)c(F)c2F)cc(C)n1. The molecule has 1 aromatic carbocycles. The molecule has 0 aliphatic rings. The minimum atomic E-state index is -0.875. The van der Waals surface area contributed by atoms with E-state index in [-0.39, 0.29) is 11.1 Å². The molecule has 1 heterocycles. The molecule has 0 saturated carbocycles. The Kier molecular flexibility index (Phi) is 4.11. The van der Waals surface area contributed by atoms with E-state index in [0.29, 0.717) is 0 Å². The Hall–Kier alpha value is -1.85. The monoisotopic (exact) mass is 277 g/mol. The average Bonchev–Trinajstić information content (AvgIpc) is 2.38. The van der Waals surface area contributed by atoms with Crippen molar-refractivity contribution in [2.75, 3.05) is 0 Å². The summed E-state index contributed by atoms with van der Waals surface area (Å²) in [7, 11) is 0. The lowest BCUT2D eigenvalue weighted by Gasteiger charge is -2.19. The van der Waals surface area contributed by atoms with E-state index in [4.69, 9.17) is 5.84 Å². The quantitative estimate of drug-likeness (QED) is 0.670. The molecule has 3 N–H and O–H groups in total. The summed E-state index contributed by atoms with van der Waals surface area (Å²) < 4.78 is 27.8. The van der Waals surface area contributed by atoms with Crippen molar-refractivity contribution in [3.8, 4) is 0 Å². The first-order valence-corrected chi connectivity index (χ1v) is 6.30. The fourth-order valence-corrected chi connectivity index (χ4v) is 2.28. The summed E-state index contributed by atoms with van der Waals surface area (Å²) >= 11 is 0. The van der Waals surface area contributed by atoms with Crippen molar-refractivity contribution in [2.45, 2.75) is 26.8 Å². The molecule has 0 bridgehead atoms. The van der Waals surface area contributed by atoms with Crippen LogP contribution in [0.25, 0.3) is 0 Å². The molecular formula is C15H17F2N3. The minimum Gasteiger partial charge on any atom is -0.271 e.